The van der Waals surface area contributed by atoms with Gasteiger partial charge in [0.2, 0.25) is 10.0 Å². The van der Waals surface area contributed by atoms with Crippen LogP contribution in [0.25, 0.3) is 0 Å². The average molecular weight is 307 g/mol. The molecule has 0 fully saturated rings. The summed E-state index contributed by atoms with van der Waals surface area (Å²) in [7, 11) is -3.97. The zero-order valence-electron chi connectivity index (χ0n) is 10.2. The number of nitrogens with one attached hydrogen (secondary N) is 1. The van der Waals surface area contributed by atoms with E-state index in [1.807, 2.05) is 4.72 Å². The molecule has 0 aromatic heterocycles. The molecule has 2 N–H and O–H groups in total. The van der Waals surface area contributed by atoms with Crippen LogP contribution in [0.1, 0.15) is 12.0 Å². The highest BCUT2D eigenvalue weighted by atomic mass is 32.2. The Kier molecular flexibility index (Phi) is 5.56. The first-order chi connectivity index (χ1) is 9.24. The van der Waals surface area contributed by atoms with Crippen LogP contribution in [-0.4, -0.2) is 32.9 Å². The van der Waals surface area contributed by atoms with E-state index in [-0.39, 0.29) is 11.5 Å². The molecule has 0 spiro atoms. The molecule has 0 amide bonds. The molecule has 20 heavy (non-hydrogen) atoms. The maximum absolute atomic E-state index is 11.9. The van der Waals surface area contributed by atoms with Gasteiger partial charge >= 0.3 is 6.18 Å². The van der Waals surface area contributed by atoms with Crippen LogP contribution in [0.15, 0.2) is 29.2 Å². The van der Waals surface area contributed by atoms with E-state index in [9.17, 15) is 21.6 Å². The monoisotopic (exact) mass is 307 g/mol. The Morgan fingerprint density at radius 3 is 2.30 bits per heavy atom. The van der Waals surface area contributed by atoms with Gasteiger partial charge in [-0.05, 0) is 24.3 Å². The summed E-state index contributed by atoms with van der Waals surface area (Å²) in [5.41, 5.74) is 0.494. The number of alkyl halides is 3. The molecular formula is C12H12F3NO3S. The maximum atomic E-state index is 11.9. The molecule has 1 rings (SSSR count). The predicted molar refractivity (Wildman–Crippen MR) is 66.3 cm³/mol. The lowest BCUT2D eigenvalue weighted by Crippen LogP contribution is -2.28. The molecule has 0 saturated carbocycles. The molecule has 4 nitrogen and oxygen atoms in total. The van der Waals surface area contributed by atoms with Gasteiger partial charge in [-0.1, -0.05) is 11.8 Å². The number of sulfonamides is 1. The van der Waals surface area contributed by atoms with Gasteiger partial charge in [0.15, 0.2) is 0 Å². The number of hydrogen-bond acceptors (Lipinski definition) is 3. The third-order valence-corrected chi connectivity index (χ3v) is 3.65. The fourth-order valence-electron chi connectivity index (χ4n) is 1.27. The SMILES string of the molecule is O=S(=O)(NCCC(F)(F)F)c1ccc(C#CCO)cc1. The van der Waals surface area contributed by atoms with Crippen molar-refractivity contribution in [1.29, 1.82) is 0 Å². The predicted octanol–water partition coefficient (Wildman–Crippen LogP) is 1.26. The van der Waals surface area contributed by atoms with Crippen molar-refractivity contribution in [2.45, 2.75) is 17.5 Å². The van der Waals surface area contributed by atoms with E-state index in [0.717, 1.165) is 0 Å². The summed E-state index contributed by atoms with van der Waals surface area (Å²) < 4.78 is 61.1. The highest BCUT2D eigenvalue weighted by Crippen LogP contribution is 2.19. The summed E-state index contributed by atoms with van der Waals surface area (Å²) in [5.74, 6) is 4.96. The number of halogens is 3. The molecule has 0 bridgehead atoms. The van der Waals surface area contributed by atoms with Gasteiger partial charge in [0.1, 0.15) is 6.61 Å². The number of aliphatic hydroxyl groups excluding tert-OH is 1. The smallest absolute Gasteiger partial charge is 0.384 e. The molecule has 0 saturated heterocycles. The lowest BCUT2D eigenvalue weighted by Gasteiger charge is -2.08. The third kappa shape index (κ3) is 5.61. The molecule has 0 radical (unpaired) electrons. The quantitative estimate of drug-likeness (QED) is 0.823. The van der Waals surface area contributed by atoms with E-state index >= 15 is 0 Å². The zero-order valence-corrected chi connectivity index (χ0v) is 11.1. The Morgan fingerprint density at radius 1 is 1.20 bits per heavy atom. The number of benzene rings is 1. The van der Waals surface area contributed by atoms with Gasteiger partial charge in [-0.25, -0.2) is 13.1 Å². The Balaban J connectivity index is 2.73. The first-order valence-corrected chi connectivity index (χ1v) is 6.99. The van der Waals surface area contributed by atoms with Crippen molar-refractivity contribution < 1.29 is 26.7 Å². The number of aliphatic hydroxyl groups is 1. The summed E-state index contributed by atoms with van der Waals surface area (Å²) in [5, 5.41) is 8.50. The van der Waals surface area contributed by atoms with E-state index in [1.54, 1.807) is 0 Å². The summed E-state index contributed by atoms with van der Waals surface area (Å²) in [6.07, 6.45) is -5.64. The van der Waals surface area contributed by atoms with Crippen LogP contribution in [-0.2, 0) is 10.0 Å². The van der Waals surface area contributed by atoms with E-state index < -0.39 is 29.2 Å². The fraction of sp³-hybridized carbons (Fsp3) is 0.333. The normalized spacial score (nSPS) is 11.8. The van der Waals surface area contributed by atoms with Crippen molar-refractivity contribution in [2.75, 3.05) is 13.2 Å². The van der Waals surface area contributed by atoms with E-state index in [0.29, 0.717) is 5.56 Å². The Bertz CT molecular complexity index is 598. The number of rotatable bonds is 4. The van der Waals surface area contributed by atoms with E-state index in [4.69, 9.17) is 5.11 Å². The van der Waals surface area contributed by atoms with E-state index in [1.165, 1.54) is 24.3 Å². The summed E-state index contributed by atoms with van der Waals surface area (Å²) in [4.78, 5) is -0.144. The second-order valence-corrected chi connectivity index (χ2v) is 5.51. The third-order valence-electron chi connectivity index (χ3n) is 2.18. The van der Waals surface area contributed by atoms with Crippen LogP contribution in [0.3, 0.4) is 0 Å². The summed E-state index contributed by atoms with van der Waals surface area (Å²) in [6, 6.07) is 5.27. The van der Waals surface area contributed by atoms with Crippen molar-refractivity contribution in [2.24, 2.45) is 0 Å². The summed E-state index contributed by atoms with van der Waals surface area (Å²) >= 11 is 0. The molecule has 110 valence electrons. The van der Waals surface area contributed by atoms with Gasteiger partial charge in [0, 0.05) is 12.1 Å². The fourth-order valence-corrected chi connectivity index (χ4v) is 2.30. The van der Waals surface area contributed by atoms with Crippen LogP contribution in [0.4, 0.5) is 13.2 Å². The topological polar surface area (TPSA) is 66.4 Å². The molecule has 0 aliphatic heterocycles. The highest BCUT2D eigenvalue weighted by Gasteiger charge is 2.27. The average Bonchev–Trinajstić information content (AvgIpc) is 2.35. The molecule has 0 aliphatic rings. The molecular weight excluding hydrogens is 295 g/mol. The largest absolute Gasteiger partial charge is 0.390 e. The second-order valence-electron chi connectivity index (χ2n) is 3.75. The maximum Gasteiger partial charge on any atom is 0.390 e. The lowest BCUT2D eigenvalue weighted by atomic mass is 10.2. The van der Waals surface area contributed by atoms with Crippen LogP contribution in [0.2, 0.25) is 0 Å². The minimum absolute atomic E-state index is 0.144. The minimum atomic E-state index is -4.41. The van der Waals surface area contributed by atoms with Crippen LogP contribution < -0.4 is 4.72 Å². The molecule has 0 heterocycles. The van der Waals surface area contributed by atoms with Gasteiger partial charge in [-0.2, -0.15) is 13.2 Å². The van der Waals surface area contributed by atoms with Crippen LogP contribution in [0.5, 0.6) is 0 Å². The van der Waals surface area contributed by atoms with E-state index in [2.05, 4.69) is 11.8 Å². The van der Waals surface area contributed by atoms with Crippen molar-refractivity contribution >= 4 is 10.0 Å². The van der Waals surface area contributed by atoms with Crippen molar-refractivity contribution in [3.63, 3.8) is 0 Å². The second kappa shape index (κ2) is 6.74. The molecule has 8 heteroatoms. The first-order valence-electron chi connectivity index (χ1n) is 5.51. The standard InChI is InChI=1S/C12H12F3NO3S/c13-12(14,15)7-8-16-20(18,19)11-5-3-10(4-6-11)2-1-9-17/h3-6,16-17H,7-9H2. The van der Waals surface area contributed by atoms with Gasteiger partial charge < -0.3 is 5.11 Å². The van der Waals surface area contributed by atoms with Crippen LogP contribution >= 0.6 is 0 Å². The minimum Gasteiger partial charge on any atom is -0.384 e. The Hall–Kier alpha value is -1.56. The summed E-state index contributed by atoms with van der Waals surface area (Å²) in [6.45, 7) is -1.03. The first kappa shape index (κ1) is 16.5. The van der Waals surface area contributed by atoms with Gasteiger partial charge in [0.05, 0.1) is 11.3 Å². The van der Waals surface area contributed by atoms with Crippen LogP contribution in [0, 0.1) is 11.8 Å². The highest BCUT2D eigenvalue weighted by molar-refractivity contribution is 7.89. The molecule has 1 aromatic rings. The van der Waals surface area contributed by atoms with Crippen molar-refractivity contribution in [3.8, 4) is 11.8 Å². The Morgan fingerprint density at radius 2 is 1.80 bits per heavy atom. The Labute approximate surface area is 114 Å². The van der Waals surface area contributed by atoms with Crippen molar-refractivity contribution in [1.82, 2.24) is 4.72 Å². The zero-order chi connectivity index (χ0) is 15.2. The molecule has 1 aromatic carbocycles. The van der Waals surface area contributed by atoms with Gasteiger partial charge in [-0.15, -0.1) is 0 Å². The molecule has 0 unspecified atom stereocenters. The number of hydrogen-bond donors (Lipinski definition) is 2. The lowest BCUT2D eigenvalue weighted by molar-refractivity contribution is -0.132. The van der Waals surface area contributed by atoms with Gasteiger partial charge in [0.25, 0.3) is 0 Å². The molecule has 0 atom stereocenters. The van der Waals surface area contributed by atoms with Gasteiger partial charge in [-0.3, -0.25) is 0 Å². The van der Waals surface area contributed by atoms with Crippen molar-refractivity contribution in [3.05, 3.63) is 29.8 Å². The molecule has 0 aliphatic carbocycles.